The van der Waals surface area contributed by atoms with E-state index < -0.39 is 0 Å². The van der Waals surface area contributed by atoms with E-state index in [0.29, 0.717) is 38.1 Å². The minimum atomic E-state index is -0.000383. The van der Waals surface area contributed by atoms with Crippen molar-refractivity contribution in [1.82, 2.24) is 19.5 Å². The first kappa shape index (κ1) is 16.5. The molecule has 2 atom stereocenters. The molecule has 2 aliphatic rings. The molecule has 8 heteroatoms. The van der Waals surface area contributed by atoms with Crippen molar-refractivity contribution in [3.05, 3.63) is 42.9 Å². The third-order valence-corrected chi connectivity index (χ3v) is 5.20. The largest absolute Gasteiger partial charge is 0.481 e. The summed E-state index contributed by atoms with van der Waals surface area (Å²) in [4.78, 5) is 15.3. The first-order valence-corrected chi connectivity index (χ1v) is 9.08. The maximum atomic E-state index is 6.22. The SMILES string of the molecule is COc1ccnc(N2C[C@@H]3OCC(n4cnc5ccccc54)CO[C@H]3C2)n1. The van der Waals surface area contributed by atoms with Gasteiger partial charge < -0.3 is 23.7 Å². The van der Waals surface area contributed by atoms with E-state index in [1.165, 1.54) is 0 Å². The highest BCUT2D eigenvalue weighted by Gasteiger charge is 2.39. The van der Waals surface area contributed by atoms with Crippen molar-refractivity contribution in [2.75, 3.05) is 38.3 Å². The van der Waals surface area contributed by atoms with Crippen LogP contribution in [0.1, 0.15) is 6.04 Å². The van der Waals surface area contributed by atoms with Gasteiger partial charge in [0.25, 0.3) is 0 Å². The number of aromatic nitrogens is 4. The quantitative estimate of drug-likeness (QED) is 0.697. The Morgan fingerprint density at radius 3 is 2.59 bits per heavy atom. The van der Waals surface area contributed by atoms with Crippen molar-refractivity contribution < 1.29 is 14.2 Å². The highest BCUT2D eigenvalue weighted by atomic mass is 16.6. The molecule has 27 heavy (non-hydrogen) atoms. The van der Waals surface area contributed by atoms with Gasteiger partial charge in [-0.15, -0.1) is 0 Å². The molecule has 1 aromatic carbocycles. The zero-order valence-electron chi connectivity index (χ0n) is 15.1. The highest BCUT2D eigenvalue weighted by molar-refractivity contribution is 5.75. The summed E-state index contributed by atoms with van der Waals surface area (Å²) in [5, 5.41) is 0. The maximum Gasteiger partial charge on any atom is 0.228 e. The smallest absolute Gasteiger partial charge is 0.228 e. The maximum absolute atomic E-state index is 6.22. The average molecular weight is 367 g/mol. The monoisotopic (exact) mass is 367 g/mol. The Balaban J connectivity index is 1.30. The summed E-state index contributed by atoms with van der Waals surface area (Å²) in [6.07, 6.45) is 3.58. The van der Waals surface area contributed by atoms with E-state index in [4.69, 9.17) is 14.2 Å². The number of rotatable bonds is 3. The normalized spacial score (nSPS) is 23.4. The summed E-state index contributed by atoms with van der Waals surface area (Å²) >= 11 is 0. The number of hydrogen-bond donors (Lipinski definition) is 0. The minimum Gasteiger partial charge on any atom is -0.481 e. The van der Waals surface area contributed by atoms with Gasteiger partial charge in [-0.25, -0.2) is 9.97 Å². The molecule has 0 saturated carbocycles. The van der Waals surface area contributed by atoms with Gasteiger partial charge in [-0.1, -0.05) is 12.1 Å². The fourth-order valence-corrected chi connectivity index (χ4v) is 3.77. The first-order valence-electron chi connectivity index (χ1n) is 9.08. The van der Waals surface area contributed by atoms with Crippen LogP contribution in [0, 0.1) is 0 Å². The van der Waals surface area contributed by atoms with E-state index in [9.17, 15) is 0 Å². The number of benzene rings is 1. The van der Waals surface area contributed by atoms with Crippen molar-refractivity contribution in [3.8, 4) is 5.88 Å². The van der Waals surface area contributed by atoms with E-state index in [-0.39, 0.29) is 18.2 Å². The predicted molar refractivity (Wildman–Crippen MR) is 99.0 cm³/mol. The third kappa shape index (κ3) is 3.00. The molecule has 140 valence electrons. The molecule has 0 radical (unpaired) electrons. The van der Waals surface area contributed by atoms with Crippen molar-refractivity contribution in [3.63, 3.8) is 0 Å². The van der Waals surface area contributed by atoms with E-state index in [1.807, 2.05) is 24.5 Å². The third-order valence-electron chi connectivity index (χ3n) is 5.20. The van der Waals surface area contributed by atoms with Crippen molar-refractivity contribution >= 4 is 17.0 Å². The number of para-hydroxylation sites is 2. The molecule has 2 saturated heterocycles. The Morgan fingerprint density at radius 2 is 1.81 bits per heavy atom. The lowest BCUT2D eigenvalue weighted by Gasteiger charge is -2.20. The van der Waals surface area contributed by atoms with E-state index in [1.54, 1.807) is 19.4 Å². The van der Waals surface area contributed by atoms with Gasteiger partial charge in [0.15, 0.2) is 0 Å². The molecule has 0 N–H and O–H groups in total. The Hall–Kier alpha value is -2.71. The van der Waals surface area contributed by atoms with Crippen LogP contribution in [-0.2, 0) is 9.47 Å². The zero-order valence-corrected chi connectivity index (χ0v) is 15.1. The summed E-state index contributed by atoms with van der Waals surface area (Å²) in [5.41, 5.74) is 2.09. The summed E-state index contributed by atoms with van der Waals surface area (Å²) < 4.78 is 19.8. The second-order valence-corrected chi connectivity index (χ2v) is 6.84. The van der Waals surface area contributed by atoms with Crippen LogP contribution in [0.2, 0.25) is 0 Å². The number of imidazole rings is 1. The lowest BCUT2D eigenvalue weighted by Crippen LogP contribution is -2.27. The van der Waals surface area contributed by atoms with Crippen LogP contribution in [0.25, 0.3) is 11.0 Å². The zero-order chi connectivity index (χ0) is 18.2. The van der Waals surface area contributed by atoms with Crippen molar-refractivity contribution in [1.29, 1.82) is 0 Å². The summed E-state index contributed by atoms with van der Waals surface area (Å²) in [6.45, 7) is 2.59. The number of anilines is 1. The Kier molecular flexibility index (Phi) is 4.14. The molecule has 2 aliphatic heterocycles. The predicted octanol–water partition coefficient (Wildman–Crippen LogP) is 1.68. The van der Waals surface area contributed by atoms with Gasteiger partial charge in [0.05, 0.1) is 43.7 Å². The van der Waals surface area contributed by atoms with Gasteiger partial charge >= 0.3 is 0 Å². The van der Waals surface area contributed by atoms with Gasteiger partial charge in [-0.05, 0) is 12.1 Å². The highest BCUT2D eigenvalue weighted by Crippen LogP contribution is 2.28. The summed E-state index contributed by atoms with van der Waals surface area (Å²) in [6, 6.07) is 9.98. The molecular formula is C19H21N5O3. The van der Waals surface area contributed by atoms with Crippen LogP contribution in [0.3, 0.4) is 0 Å². The van der Waals surface area contributed by atoms with Crippen molar-refractivity contribution in [2.24, 2.45) is 0 Å². The molecule has 3 aromatic rings. The van der Waals surface area contributed by atoms with Crippen LogP contribution >= 0.6 is 0 Å². The number of nitrogens with zero attached hydrogens (tertiary/aromatic N) is 5. The molecule has 0 aliphatic carbocycles. The molecule has 4 heterocycles. The molecule has 2 aromatic heterocycles. The second kappa shape index (κ2) is 6.79. The van der Waals surface area contributed by atoms with E-state index in [2.05, 4.69) is 30.5 Å². The van der Waals surface area contributed by atoms with Gasteiger partial charge in [0.1, 0.15) is 12.2 Å². The molecule has 0 unspecified atom stereocenters. The van der Waals surface area contributed by atoms with Gasteiger partial charge in [0.2, 0.25) is 11.8 Å². The van der Waals surface area contributed by atoms with Crippen LogP contribution in [0.5, 0.6) is 5.88 Å². The Bertz CT molecular complexity index is 930. The van der Waals surface area contributed by atoms with E-state index in [0.717, 1.165) is 11.0 Å². The fourth-order valence-electron chi connectivity index (χ4n) is 3.77. The fraction of sp³-hybridized carbons (Fsp3) is 0.421. The first-order chi connectivity index (χ1) is 13.3. The number of ether oxygens (including phenoxy) is 3. The van der Waals surface area contributed by atoms with Gasteiger partial charge in [-0.2, -0.15) is 4.98 Å². The Morgan fingerprint density at radius 1 is 1.04 bits per heavy atom. The molecule has 5 rings (SSSR count). The van der Waals surface area contributed by atoms with Crippen LogP contribution in [0.15, 0.2) is 42.9 Å². The summed E-state index contributed by atoms with van der Waals surface area (Å²) in [7, 11) is 1.60. The topological polar surface area (TPSA) is 74.5 Å². The minimum absolute atomic E-state index is 0.000383. The molecule has 0 spiro atoms. The van der Waals surface area contributed by atoms with Gasteiger partial charge in [-0.3, -0.25) is 0 Å². The lowest BCUT2D eigenvalue weighted by molar-refractivity contribution is -0.00461. The Labute approximate surface area is 156 Å². The van der Waals surface area contributed by atoms with Crippen molar-refractivity contribution in [2.45, 2.75) is 18.2 Å². The molecule has 0 bridgehead atoms. The molecule has 8 nitrogen and oxygen atoms in total. The second-order valence-electron chi connectivity index (χ2n) is 6.84. The number of fused-ring (bicyclic) bond motifs is 2. The van der Waals surface area contributed by atoms with Gasteiger partial charge in [0, 0.05) is 25.4 Å². The van der Waals surface area contributed by atoms with E-state index >= 15 is 0 Å². The molecular weight excluding hydrogens is 346 g/mol. The molecule has 0 amide bonds. The number of methoxy groups -OCH3 is 1. The van der Waals surface area contributed by atoms with Crippen LogP contribution in [-0.4, -0.2) is 65.1 Å². The average Bonchev–Trinajstić information content (AvgIpc) is 3.28. The summed E-state index contributed by atoms with van der Waals surface area (Å²) in [5.74, 6) is 1.20. The lowest BCUT2D eigenvalue weighted by atomic mass is 10.2. The molecule has 2 fully saturated rings. The number of hydrogen-bond acceptors (Lipinski definition) is 7. The van der Waals surface area contributed by atoms with Crippen LogP contribution < -0.4 is 9.64 Å². The van der Waals surface area contributed by atoms with Crippen LogP contribution in [0.4, 0.5) is 5.95 Å². The standard InChI is InChI=1S/C19H21N5O3/c1-25-18-6-7-20-19(22-18)23-8-16-17(9-23)27-11-13(10-26-16)24-12-21-14-4-2-3-5-15(14)24/h2-7,12-13,16-17H,8-11H2,1H3/t16-,17-/m0/s1.